The number of halogens is 5. The number of nitrogens with zero attached hydrogens (tertiary/aromatic N) is 3. The molecule has 1 aromatic carbocycles. The summed E-state index contributed by atoms with van der Waals surface area (Å²) in [5.41, 5.74) is -0.835. The third-order valence-electron chi connectivity index (χ3n) is 6.19. The quantitative estimate of drug-likeness (QED) is 0.402. The lowest BCUT2D eigenvalue weighted by Crippen LogP contribution is -2.43. The first kappa shape index (κ1) is 25.5. The maximum Gasteiger partial charge on any atom is 0.420 e. The highest BCUT2D eigenvalue weighted by atomic mass is 32.2. The highest BCUT2D eigenvalue weighted by molar-refractivity contribution is 7.97. The third-order valence-corrected chi connectivity index (χ3v) is 7.21. The number of aromatic nitrogens is 1. The van der Waals surface area contributed by atoms with Gasteiger partial charge in [0.2, 0.25) is 5.92 Å². The van der Waals surface area contributed by atoms with E-state index < -0.39 is 36.0 Å². The average molecular weight is 518 g/mol. The van der Waals surface area contributed by atoms with E-state index in [2.05, 4.69) is 4.98 Å². The first-order valence-corrected chi connectivity index (χ1v) is 11.8. The molecule has 2 aliphatic rings. The largest absolute Gasteiger partial charge is 0.488 e. The van der Waals surface area contributed by atoms with Crippen LogP contribution in [0.1, 0.15) is 47.3 Å². The van der Waals surface area contributed by atoms with E-state index in [0.717, 1.165) is 6.07 Å². The van der Waals surface area contributed by atoms with Crippen LogP contribution in [0.25, 0.3) is 0 Å². The van der Waals surface area contributed by atoms with Crippen LogP contribution in [0.2, 0.25) is 0 Å². The Bertz CT molecular complexity index is 1090. The van der Waals surface area contributed by atoms with Crippen LogP contribution in [0.4, 0.5) is 27.6 Å². The van der Waals surface area contributed by atoms with Crippen LogP contribution in [0.15, 0.2) is 35.4 Å². The van der Waals surface area contributed by atoms with Crippen LogP contribution >= 0.6 is 11.9 Å². The molecule has 0 amide bonds. The average Bonchev–Trinajstić information content (AvgIpc) is 2.94. The molecule has 6 nitrogen and oxygen atoms in total. The Labute approximate surface area is 203 Å². The van der Waals surface area contributed by atoms with Crippen LogP contribution in [0.3, 0.4) is 0 Å². The van der Waals surface area contributed by atoms with E-state index in [9.17, 15) is 31.9 Å². The minimum Gasteiger partial charge on any atom is -0.488 e. The Balaban J connectivity index is 1.70. The molecule has 1 aliphatic heterocycles. The van der Waals surface area contributed by atoms with Gasteiger partial charge < -0.3 is 14.7 Å². The summed E-state index contributed by atoms with van der Waals surface area (Å²) in [6.07, 6.45) is -3.67. The summed E-state index contributed by atoms with van der Waals surface area (Å²) in [7, 11) is 1.81. The number of ether oxygens (including phenoxy) is 1. The molecule has 0 spiro atoms. The lowest BCUT2D eigenvalue weighted by Gasteiger charge is -2.38. The van der Waals surface area contributed by atoms with Gasteiger partial charge in [0.05, 0.1) is 16.1 Å². The van der Waals surface area contributed by atoms with Crippen molar-refractivity contribution in [3.05, 3.63) is 47.3 Å². The van der Waals surface area contributed by atoms with E-state index in [1.807, 2.05) is 9.21 Å². The van der Waals surface area contributed by atoms with Crippen molar-refractivity contribution in [2.24, 2.45) is 0 Å². The number of alkyl halides is 5. The van der Waals surface area contributed by atoms with Crippen molar-refractivity contribution < 1.29 is 36.6 Å². The molecule has 4 rings (SSSR count). The van der Waals surface area contributed by atoms with Crippen LogP contribution < -0.4 is 9.64 Å². The summed E-state index contributed by atoms with van der Waals surface area (Å²) in [5, 5.41) is 9.29. The predicted octanol–water partition coefficient (Wildman–Crippen LogP) is 5.71. The number of aromatic carboxylic acids is 1. The Morgan fingerprint density at radius 2 is 1.97 bits per heavy atom. The Morgan fingerprint density at radius 1 is 1.26 bits per heavy atom. The van der Waals surface area contributed by atoms with Gasteiger partial charge in [-0.3, -0.25) is 0 Å². The molecule has 190 valence electrons. The van der Waals surface area contributed by atoms with E-state index in [-0.39, 0.29) is 43.0 Å². The smallest absolute Gasteiger partial charge is 0.420 e. The molecule has 0 radical (unpaired) electrons. The summed E-state index contributed by atoms with van der Waals surface area (Å²) in [4.78, 5) is 17.5. The number of carboxylic acid groups (broad SMARTS) is 1. The van der Waals surface area contributed by atoms with E-state index in [0.29, 0.717) is 23.7 Å². The second-order valence-electron chi connectivity index (χ2n) is 8.64. The Kier molecular flexibility index (Phi) is 7.14. The fraction of sp³-hybridized carbons (Fsp3) is 0.478. The molecule has 1 saturated carbocycles. The Morgan fingerprint density at radius 3 is 2.63 bits per heavy atom. The van der Waals surface area contributed by atoms with E-state index >= 15 is 0 Å². The molecule has 0 bridgehead atoms. The van der Waals surface area contributed by atoms with E-state index in [4.69, 9.17) is 4.74 Å². The van der Waals surface area contributed by atoms with Crippen LogP contribution in [0.5, 0.6) is 5.75 Å². The van der Waals surface area contributed by atoms with Gasteiger partial charge in [-0.05, 0) is 50.0 Å². The van der Waals surface area contributed by atoms with Gasteiger partial charge in [0.15, 0.2) is 5.69 Å². The van der Waals surface area contributed by atoms with Crippen molar-refractivity contribution in [3.8, 4) is 5.75 Å². The van der Waals surface area contributed by atoms with Crippen molar-refractivity contribution in [1.82, 2.24) is 9.29 Å². The molecule has 1 aromatic heterocycles. The number of hydrogen-bond acceptors (Lipinski definition) is 6. The number of anilines is 1. The second-order valence-corrected chi connectivity index (χ2v) is 9.89. The lowest BCUT2D eigenvalue weighted by atomic mass is 9.90. The number of hydrogen-bond donors (Lipinski definition) is 1. The Hall–Kier alpha value is -2.60. The summed E-state index contributed by atoms with van der Waals surface area (Å²) < 4.78 is 77.1. The first-order chi connectivity index (χ1) is 16.4. The molecule has 12 heteroatoms. The fourth-order valence-corrected chi connectivity index (χ4v) is 5.33. The standard InChI is InChI=1S/C23H24F5N3O3S/c1-30-9-10-31(15-4-6-22(24,25)7-5-15)17-11-16(23(26,27)28)18(12-19(17)35-30)34-13-14-3-2-8-29-20(14)21(32)33/h2-3,8,11-12,15H,4-7,9-10,13H2,1H3,(H,32,33). The minimum atomic E-state index is -4.75. The van der Waals surface area contributed by atoms with Gasteiger partial charge in [-0.25, -0.2) is 22.9 Å². The van der Waals surface area contributed by atoms with Gasteiger partial charge in [0, 0.05) is 43.7 Å². The second kappa shape index (κ2) is 9.81. The fourth-order valence-electron chi connectivity index (χ4n) is 4.39. The van der Waals surface area contributed by atoms with Crippen molar-refractivity contribution in [3.63, 3.8) is 0 Å². The predicted molar refractivity (Wildman–Crippen MR) is 120 cm³/mol. The number of rotatable bonds is 5. The summed E-state index contributed by atoms with van der Waals surface area (Å²) in [6, 6.07) is 4.93. The van der Waals surface area contributed by atoms with Gasteiger partial charge in [0.25, 0.3) is 0 Å². The van der Waals surface area contributed by atoms with Gasteiger partial charge in [-0.2, -0.15) is 13.2 Å². The van der Waals surface area contributed by atoms with Crippen LogP contribution in [-0.4, -0.2) is 52.5 Å². The van der Waals surface area contributed by atoms with E-state index in [1.54, 1.807) is 7.05 Å². The monoisotopic (exact) mass is 517 g/mol. The number of carboxylic acids is 1. The number of benzene rings is 1. The van der Waals surface area contributed by atoms with Gasteiger partial charge in [0.1, 0.15) is 12.4 Å². The number of likely N-dealkylation sites (N-methyl/N-ethyl adjacent to an activating group) is 1. The molecule has 0 atom stereocenters. The zero-order chi connectivity index (χ0) is 25.4. The molecule has 0 saturated heterocycles. The molecular formula is C23H24F5N3O3S. The summed E-state index contributed by atoms with van der Waals surface area (Å²) in [5.74, 6) is -4.49. The van der Waals surface area contributed by atoms with Crippen molar-refractivity contribution in [1.29, 1.82) is 0 Å². The van der Waals surface area contributed by atoms with Crippen molar-refractivity contribution in [2.75, 3.05) is 25.0 Å². The van der Waals surface area contributed by atoms with E-state index in [1.165, 1.54) is 36.3 Å². The molecule has 35 heavy (non-hydrogen) atoms. The molecule has 2 heterocycles. The molecule has 2 aromatic rings. The van der Waals surface area contributed by atoms with Gasteiger partial charge in [-0.1, -0.05) is 6.07 Å². The highest BCUT2D eigenvalue weighted by Crippen LogP contribution is 2.47. The van der Waals surface area contributed by atoms with Crippen molar-refractivity contribution >= 4 is 23.6 Å². The van der Waals surface area contributed by atoms with Gasteiger partial charge in [-0.15, -0.1) is 0 Å². The maximum atomic E-state index is 14.1. The highest BCUT2D eigenvalue weighted by Gasteiger charge is 2.40. The summed E-state index contributed by atoms with van der Waals surface area (Å²) in [6.45, 7) is 0.516. The maximum absolute atomic E-state index is 14.1. The number of pyridine rings is 1. The molecular weight excluding hydrogens is 493 g/mol. The third kappa shape index (κ3) is 5.80. The van der Waals surface area contributed by atoms with Crippen LogP contribution in [0, 0.1) is 0 Å². The number of fused-ring (bicyclic) bond motifs is 1. The molecule has 1 N–H and O–H groups in total. The zero-order valence-electron chi connectivity index (χ0n) is 18.8. The molecule has 1 aliphatic carbocycles. The SMILES string of the molecule is CN1CCN(C2CCC(F)(F)CC2)c2cc(C(F)(F)F)c(OCc3cccnc3C(=O)O)cc2S1. The van der Waals surface area contributed by atoms with Crippen LogP contribution in [-0.2, 0) is 12.8 Å². The van der Waals surface area contributed by atoms with Gasteiger partial charge >= 0.3 is 12.1 Å². The normalized spacial score (nSPS) is 19.2. The minimum absolute atomic E-state index is 0.137. The van der Waals surface area contributed by atoms with Crippen molar-refractivity contribution in [2.45, 2.75) is 55.3 Å². The topological polar surface area (TPSA) is 65.9 Å². The first-order valence-electron chi connectivity index (χ1n) is 11.0. The summed E-state index contributed by atoms with van der Waals surface area (Å²) >= 11 is 1.25. The molecule has 1 fully saturated rings. The zero-order valence-corrected chi connectivity index (χ0v) is 19.6. The lowest BCUT2D eigenvalue weighted by molar-refractivity contribution is -0.139. The number of carbonyl (C=O) groups is 1. The molecule has 0 unspecified atom stereocenters.